The van der Waals surface area contributed by atoms with Crippen LogP contribution in [0.15, 0.2) is 83.3 Å². The summed E-state index contributed by atoms with van der Waals surface area (Å²) >= 11 is 3.45. The zero-order chi connectivity index (χ0) is 23.6. The van der Waals surface area contributed by atoms with E-state index in [9.17, 15) is 9.59 Å². The molecule has 0 aliphatic carbocycles. The molecule has 33 heavy (non-hydrogen) atoms. The topological polar surface area (TPSA) is 58.6 Å². The van der Waals surface area contributed by atoms with E-state index in [1.54, 1.807) is 4.90 Å². The predicted octanol–water partition coefficient (Wildman–Crippen LogP) is 4.91. The predicted molar refractivity (Wildman–Crippen MR) is 134 cm³/mol. The molecule has 1 N–H and O–H groups in total. The van der Waals surface area contributed by atoms with Gasteiger partial charge in [0.05, 0.1) is 0 Å². The smallest absolute Gasteiger partial charge is 0.261 e. The summed E-state index contributed by atoms with van der Waals surface area (Å²) in [7, 11) is 0. The summed E-state index contributed by atoms with van der Waals surface area (Å²) in [4.78, 5) is 28.2. The molecule has 0 saturated carbocycles. The summed E-state index contributed by atoms with van der Waals surface area (Å²) in [5, 5.41) is 2.90. The Balaban J connectivity index is 1.89. The highest BCUT2D eigenvalue weighted by Crippen LogP contribution is 2.19. The maximum atomic E-state index is 13.5. The third kappa shape index (κ3) is 7.19. The summed E-state index contributed by atoms with van der Waals surface area (Å²) < 4.78 is 6.80. The van der Waals surface area contributed by atoms with Gasteiger partial charge < -0.3 is 15.0 Å². The highest BCUT2D eigenvalue weighted by Gasteiger charge is 2.30. The lowest BCUT2D eigenvalue weighted by Crippen LogP contribution is -2.51. The van der Waals surface area contributed by atoms with Crippen molar-refractivity contribution in [2.75, 3.05) is 13.2 Å². The van der Waals surface area contributed by atoms with Gasteiger partial charge in [-0.2, -0.15) is 0 Å². The van der Waals surface area contributed by atoms with Crippen molar-refractivity contribution in [1.82, 2.24) is 10.2 Å². The second kappa shape index (κ2) is 12.2. The van der Waals surface area contributed by atoms with E-state index in [1.807, 2.05) is 92.7 Å². The van der Waals surface area contributed by atoms with E-state index in [0.29, 0.717) is 25.3 Å². The van der Waals surface area contributed by atoms with Crippen LogP contribution in [0.4, 0.5) is 0 Å². The Morgan fingerprint density at radius 2 is 1.61 bits per heavy atom. The number of hydrogen-bond donors (Lipinski definition) is 1. The maximum Gasteiger partial charge on any atom is 0.261 e. The van der Waals surface area contributed by atoms with Gasteiger partial charge in [0, 0.05) is 24.0 Å². The average Bonchev–Trinajstić information content (AvgIpc) is 2.82. The molecule has 0 unspecified atom stereocenters. The summed E-state index contributed by atoms with van der Waals surface area (Å²) in [6.45, 7) is 4.46. The van der Waals surface area contributed by atoms with E-state index in [2.05, 4.69) is 21.2 Å². The van der Waals surface area contributed by atoms with Gasteiger partial charge in [0.15, 0.2) is 6.61 Å². The summed E-state index contributed by atoms with van der Waals surface area (Å²) in [5.41, 5.74) is 2.88. The van der Waals surface area contributed by atoms with E-state index < -0.39 is 6.04 Å². The number of nitrogens with one attached hydrogen (secondary N) is 1. The first-order valence-corrected chi connectivity index (χ1v) is 11.8. The molecule has 0 aliphatic rings. The first-order valence-electron chi connectivity index (χ1n) is 11.0. The zero-order valence-electron chi connectivity index (χ0n) is 19.0. The van der Waals surface area contributed by atoms with E-state index in [-0.39, 0.29) is 18.4 Å². The molecule has 0 bridgehead atoms. The first kappa shape index (κ1) is 24.5. The van der Waals surface area contributed by atoms with Gasteiger partial charge >= 0.3 is 0 Å². The summed E-state index contributed by atoms with van der Waals surface area (Å²) in [6.07, 6.45) is 0.416. The van der Waals surface area contributed by atoms with Crippen molar-refractivity contribution in [2.45, 2.75) is 32.9 Å². The van der Waals surface area contributed by atoms with Gasteiger partial charge in [-0.05, 0) is 48.7 Å². The van der Waals surface area contributed by atoms with Crippen LogP contribution in [-0.4, -0.2) is 35.9 Å². The molecule has 2 amide bonds. The molecule has 0 radical (unpaired) electrons. The molecule has 0 aliphatic heterocycles. The van der Waals surface area contributed by atoms with Crippen LogP contribution in [0.3, 0.4) is 0 Å². The van der Waals surface area contributed by atoms with Crippen molar-refractivity contribution in [2.24, 2.45) is 0 Å². The van der Waals surface area contributed by atoms with Crippen LogP contribution in [0.2, 0.25) is 0 Å². The van der Waals surface area contributed by atoms with Crippen LogP contribution >= 0.6 is 15.9 Å². The van der Waals surface area contributed by atoms with Gasteiger partial charge in [-0.15, -0.1) is 0 Å². The van der Waals surface area contributed by atoms with E-state index in [4.69, 9.17) is 4.74 Å². The highest BCUT2D eigenvalue weighted by molar-refractivity contribution is 9.10. The van der Waals surface area contributed by atoms with Crippen molar-refractivity contribution < 1.29 is 14.3 Å². The number of hydrogen-bond acceptors (Lipinski definition) is 3. The molecular weight excluding hydrogens is 480 g/mol. The van der Waals surface area contributed by atoms with Crippen molar-refractivity contribution >= 4 is 27.7 Å². The number of benzene rings is 3. The summed E-state index contributed by atoms with van der Waals surface area (Å²) in [6, 6.07) is 24.4. The van der Waals surface area contributed by atoms with Gasteiger partial charge in [-0.1, -0.05) is 76.6 Å². The number of aryl methyl sites for hydroxylation is 1. The molecule has 0 heterocycles. The Bertz CT molecular complexity index is 1050. The normalized spacial score (nSPS) is 11.5. The number of amides is 2. The number of nitrogens with zero attached hydrogens (tertiary/aromatic N) is 1. The quantitative estimate of drug-likeness (QED) is 0.423. The van der Waals surface area contributed by atoms with Crippen molar-refractivity contribution in [3.05, 3.63) is 100 Å². The van der Waals surface area contributed by atoms with Crippen LogP contribution < -0.4 is 10.1 Å². The second-order valence-corrected chi connectivity index (χ2v) is 8.72. The monoisotopic (exact) mass is 508 g/mol. The second-order valence-electron chi connectivity index (χ2n) is 7.80. The molecule has 3 rings (SSSR count). The Morgan fingerprint density at radius 3 is 2.27 bits per heavy atom. The lowest BCUT2D eigenvalue weighted by molar-refractivity contribution is -0.142. The van der Waals surface area contributed by atoms with Crippen molar-refractivity contribution in [3.63, 3.8) is 0 Å². The lowest BCUT2D eigenvalue weighted by Gasteiger charge is -2.31. The molecule has 0 spiro atoms. The fraction of sp³-hybridized carbons (Fsp3) is 0.259. The van der Waals surface area contributed by atoms with Crippen LogP contribution in [0.25, 0.3) is 0 Å². The van der Waals surface area contributed by atoms with Gasteiger partial charge in [0.2, 0.25) is 5.91 Å². The van der Waals surface area contributed by atoms with E-state index in [0.717, 1.165) is 21.2 Å². The molecule has 1 atom stereocenters. The molecule has 6 heteroatoms. The highest BCUT2D eigenvalue weighted by atomic mass is 79.9. The van der Waals surface area contributed by atoms with Crippen LogP contribution in [0.5, 0.6) is 5.75 Å². The van der Waals surface area contributed by atoms with Gasteiger partial charge in [-0.25, -0.2) is 0 Å². The van der Waals surface area contributed by atoms with Crippen LogP contribution in [0.1, 0.15) is 23.6 Å². The minimum atomic E-state index is -0.663. The average molecular weight is 509 g/mol. The Hall–Kier alpha value is -3.12. The fourth-order valence-corrected chi connectivity index (χ4v) is 3.84. The molecule has 3 aromatic carbocycles. The minimum Gasteiger partial charge on any atom is -0.484 e. The molecule has 3 aromatic rings. The van der Waals surface area contributed by atoms with E-state index >= 15 is 0 Å². The third-order valence-electron chi connectivity index (χ3n) is 5.33. The Morgan fingerprint density at radius 1 is 0.939 bits per heavy atom. The van der Waals surface area contributed by atoms with E-state index in [1.165, 1.54) is 0 Å². The first-order chi connectivity index (χ1) is 16.0. The zero-order valence-corrected chi connectivity index (χ0v) is 20.5. The number of para-hydroxylation sites is 1. The number of halogens is 1. The summed E-state index contributed by atoms with van der Waals surface area (Å²) in [5.74, 6) is 0.239. The minimum absolute atomic E-state index is 0.147. The number of rotatable bonds is 10. The SMILES string of the molecule is CCNC(=O)[C@@H](Cc1ccccc1)N(Cc1ccc(Br)cc1)C(=O)COc1ccccc1C. The number of ether oxygens (including phenoxy) is 1. The lowest BCUT2D eigenvalue weighted by atomic mass is 10.0. The van der Waals surface area contributed by atoms with Crippen molar-refractivity contribution in [3.8, 4) is 5.75 Å². The molecule has 0 aromatic heterocycles. The maximum absolute atomic E-state index is 13.5. The van der Waals surface area contributed by atoms with Crippen molar-refractivity contribution in [1.29, 1.82) is 0 Å². The molecule has 172 valence electrons. The molecule has 0 saturated heterocycles. The number of carbonyl (C=O) groups is 2. The Kier molecular flexibility index (Phi) is 9.07. The largest absolute Gasteiger partial charge is 0.484 e. The standard InChI is InChI=1S/C27H29BrN2O3/c1-3-29-27(32)24(17-21-10-5-4-6-11-21)30(18-22-13-15-23(28)16-14-22)26(31)19-33-25-12-8-7-9-20(25)2/h4-16,24H,3,17-19H2,1-2H3,(H,29,32)/t24-/m1/s1. The van der Waals surface area contributed by atoms with Gasteiger partial charge in [0.25, 0.3) is 5.91 Å². The number of carbonyl (C=O) groups excluding carboxylic acids is 2. The molecule has 0 fully saturated rings. The Labute approximate surface area is 203 Å². The van der Waals surface area contributed by atoms with Gasteiger partial charge in [-0.3, -0.25) is 9.59 Å². The van der Waals surface area contributed by atoms with Gasteiger partial charge in [0.1, 0.15) is 11.8 Å². The number of likely N-dealkylation sites (N-methyl/N-ethyl adjacent to an activating group) is 1. The van der Waals surface area contributed by atoms with Crippen LogP contribution in [-0.2, 0) is 22.6 Å². The molecule has 5 nitrogen and oxygen atoms in total. The van der Waals surface area contributed by atoms with Crippen LogP contribution in [0, 0.1) is 6.92 Å². The molecular formula is C27H29BrN2O3. The third-order valence-corrected chi connectivity index (χ3v) is 5.86. The fourth-order valence-electron chi connectivity index (χ4n) is 3.57.